The van der Waals surface area contributed by atoms with Crippen molar-refractivity contribution in [3.8, 4) is 6.07 Å². The highest BCUT2D eigenvalue weighted by Gasteiger charge is 2.40. The van der Waals surface area contributed by atoms with Crippen molar-refractivity contribution in [3.05, 3.63) is 0 Å². The van der Waals surface area contributed by atoms with Gasteiger partial charge in [-0.15, -0.1) is 0 Å². The van der Waals surface area contributed by atoms with Crippen LogP contribution >= 0.6 is 0 Å². The third kappa shape index (κ3) is 4.07. The maximum absolute atomic E-state index is 11.9. The topological polar surface area (TPSA) is 52.9 Å². The molecule has 0 saturated heterocycles. The third-order valence-electron chi connectivity index (χ3n) is 1.43. The Kier molecular flexibility index (Phi) is 4.09. The molecule has 0 aliphatic heterocycles. The molecule has 82 valence electrons. The molecule has 0 amide bonds. The van der Waals surface area contributed by atoms with Gasteiger partial charge in [-0.05, 0) is 5.41 Å². The first-order chi connectivity index (χ1) is 6.09. The highest BCUT2D eigenvalue weighted by atomic mass is 32.2. The summed E-state index contributed by atoms with van der Waals surface area (Å²) in [7, 11) is -3.19. The molecule has 0 unspecified atom stereocenters. The smallest absolute Gasteiger partial charge is 0.233 e. The second-order valence-electron chi connectivity index (χ2n) is 3.76. The first-order valence-electron chi connectivity index (χ1n) is 3.73. The van der Waals surface area contributed by atoms with E-state index in [0.717, 1.165) is 0 Å². The van der Waals surface area contributed by atoms with Crippen molar-refractivity contribution < 1.29 is 17.4 Å². The zero-order chi connectivity index (χ0) is 11.6. The maximum Gasteiger partial charge on any atom is 0.485 e. The number of nitrogens with one attached hydrogen (secondary N) is 1. The van der Waals surface area contributed by atoms with Crippen LogP contribution in [0.15, 0.2) is 0 Å². The predicted molar refractivity (Wildman–Crippen MR) is 46.2 cm³/mol. The summed E-state index contributed by atoms with van der Waals surface area (Å²) in [6.45, 7) is 4.75. The number of halogens is 3. The number of nitriles is 1. The molecule has 0 aliphatic carbocycles. The number of alkyl halides is 3. The number of rotatable bonds is 2. The van der Waals surface area contributed by atoms with Gasteiger partial charge < -0.3 is 0 Å². The van der Waals surface area contributed by atoms with Crippen LogP contribution in [-0.2, 0) is 11.0 Å². The molecule has 0 rings (SSSR count). The minimum Gasteiger partial charge on any atom is -0.233 e. The standard InChI is InChI=1S/C7H11F3N2OS/c1-6(2,3)5(4-11)12-14(13)7(8,9)10/h5,12H,1-3H3/t5-,14-/m0/s1. The van der Waals surface area contributed by atoms with Crippen molar-refractivity contribution in [2.45, 2.75) is 32.3 Å². The van der Waals surface area contributed by atoms with E-state index in [2.05, 4.69) is 0 Å². The maximum atomic E-state index is 11.9. The van der Waals surface area contributed by atoms with Crippen LogP contribution in [0.3, 0.4) is 0 Å². The summed E-state index contributed by atoms with van der Waals surface area (Å²) in [5.74, 6) is 0. The van der Waals surface area contributed by atoms with Crippen molar-refractivity contribution in [2.75, 3.05) is 0 Å². The third-order valence-corrected chi connectivity index (χ3v) is 2.30. The predicted octanol–water partition coefficient (Wildman–Crippen LogP) is 1.70. The van der Waals surface area contributed by atoms with Crippen molar-refractivity contribution in [3.63, 3.8) is 0 Å². The fraction of sp³-hybridized carbons (Fsp3) is 0.857. The van der Waals surface area contributed by atoms with Crippen LogP contribution in [0.25, 0.3) is 0 Å². The van der Waals surface area contributed by atoms with Gasteiger partial charge in [-0.2, -0.15) is 18.4 Å². The molecule has 0 aliphatic rings. The molecule has 1 N–H and O–H groups in total. The molecule has 2 atom stereocenters. The van der Waals surface area contributed by atoms with Crippen LogP contribution in [0.4, 0.5) is 13.2 Å². The molecule has 0 saturated carbocycles. The van der Waals surface area contributed by atoms with E-state index in [0.29, 0.717) is 0 Å². The minimum absolute atomic E-state index is 0.699. The number of nitrogens with zero attached hydrogens (tertiary/aromatic N) is 1. The molecule has 0 aromatic heterocycles. The molecule has 0 heterocycles. The quantitative estimate of drug-likeness (QED) is 0.782. The van der Waals surface area contributed by atoms with E-state index < -0.39 is 28.0 Å². The Bertz CT molecular complexity index is 264. The van der Waals surface area contributed by atoms with Gasteiger partial charge >= 0.3 is 5.51 Å². The van der Waals surface area contributed by atoms with Crippen LogP contribution < -0.4 is 4.72 Å². The zero-order valence-corrected chi connectivity index (χ0v) is 8.79. The Morgan fingerprint density at radius 3 is 2.00 bits per heavy atom. The molecule has 3 nitrogen and oxygen atoms in total. The Balaban J connectivity index is 4.53. The van der Waals surface area contributed by atoms with Gasteiger partial charge in [-0.1, -0.05) is 20.8 Å². The summed E-state index contributed by atoms with van der Waals surface area (Å²) in [4.78, 5) is 0. The zero-order valence-electron chi connectivity index (χ0n) is 7.97. The lowest BCUT2D eigenvalue weighted by Crippen LogP contribution is -2.44. The average molecular weight is 228 g/mol. The molecule has 0 aromatic carbocycles. The lowest BCUT2D eigenvalue weighted by atomic mass is 9.88. The van der Waals surface area contributed by atoms with Crippen molar-refractivity contribution in [1.29, 1.82) is 5.26 Å². The van der Waals surface area contributed by atoms with Gasteiger partial charge in [-0.25, -0.2) is 8.93 Å². The van der Waals surface area contributed by atoms with E-state index in [-0.39, 0.29) is 0 Å². The van der Waals surface area contributed by atoms with Crippen molar-refractivity contribution in [2.24, 2.45) is 5.41 Å². The second-order valence-corrected chi connectivity index (χ2v) is 5.00. The van der Waals surface area contributed by atoms with E-state index in [9.17, 15) is 17.4 Å². The lowest BCUT2D eigenvalue weighted by Gasteiger charge is -2.25. The van der Waals surface area contributed by atoms with Gasteiger partial charge in [0.05, 0.1) is 6.07 Å². The number of hydrogen-bond donors (Lipinski definition) is 1. The van der Waals surface area contributed by atoms with Crippen LogP contribution in [0.5, 0.6) is 0 Å². The minimum atomic E-state index is -4.83. The Morgan fingerprint density at radius 1 is 1.36 bits per heavy atom. The SMILES string of the molecule is CC(C)(C)[C@H](C#N)N[S@@](=O)C(F)(F)F. The van der Waals surface area contributed by atoms with E-state index in [1.54, 1.807) is 31.6 Å². The monoisotopic (exact) mass is 228 g/mol. The lowest BCUT2D eigenvalue weighted by molar-refractivity contribution is -0.0398. The Labute approximate surface area is 82.9 Å². The molecule has 7 heteroatoms. The van der Waals surface area contributed by atoms with Gasteiger partial charge in [-0.3, -0.25) is 0 Å². The molecule has 0 spiro atoms. The summed E-state index contributed by atoms with van der Waals surface area (Å²) < 4.78 is 47.9. The fourth-order valence-corrected chi connectivity index (χ4v) is 1.32. The van der Waals surface area contributed by atoms with Crippen LogP contribution in [0.1, 0.15) is 20.8 Å². The van der Waals surface area contributed by atoms with Crippen LogP contribution in [0, 0.1) is 16.7 Å². The van der Waals surface area contributed by atoms with Gasteiger partial charge in [0.15, 0.2) is 11.0 Å². The van der Waals surface area contributed by atoms with E-state index >= 15 is 0 Å². The molecule has 14 heavy (non-hydrogen) atoms. The molecule has 0 radical (unpaired) electrons. The average Bonchev–Trinajstić information content (AvgIpc) is 1.95. The van der Waals surface area contributed by atoms with E-state index in [1.165, 1.54) is 0 Å². The normalized spacial score (nSPS) is 17.2. The van der Waals surface area contributed by atoms with Crippen LogP contribution in [-0.4, -0.2) is 15.8 Å². The summed E-state index contributed by atoms with van der Waals surface area (Å²) in [5.41, 5.74) is -5.53. The molecule has 0 bridgehead atoms. The van der Waals surface area contributed by atoms with Gasteiger partial charge in [0.25, 0.3) is 0 Å². The first-order valence-corrected chi connectivity index (χ1v) is 4.88. The molecular weight excluding hydrogens is 217 g/mol. The molecule has 0 fully saturated rings. The summed E-state index contributed by atoms with van der Waals surface area (Å²) in [6, 6.07) is 0.534. The summed E-state index contributed by atoms with van der Waals surface area (Å²) in [6.07, 6.45) is 0. The van der Waals surface area contributed by atoms with E-state index in [4.69, 9.17) is 5.26 Å². The fourth-order valence-electron chi connectivity index (χ4n) is 0.571. The van der Waals surface area contributed by atoms with Gasteiger partial charge in [0, 0.05) is 0 Å². The Hall–Kier alpha value is -0.610. The molecular formula is C7H11F3N2OS. The van der Waals surface area contributed by atoms with Crippen molar-refractivity contribution >= 4 is 11.0 Å². The van der Waals surface area contributed by atoms with Crippen LogP contribution in [0.2, 0.25) is 0 Å². The largest absolute Gasteiger partial charge is 0.485 e. The van der Waals surface area contributed by atoms with E-state index in [1.807, 2.05) is 0 Å². The summed E-state index contributed by atoms with van der Waals surface area (Å²) in [5, 5.41) is 8.56. The van der Waals surface area contributed by atoms with Crippen molar-refractivity contribution in [1.82, 2.24) is 4.72 Å². The second kappa shape index (κ2) is 4.28. The highest BCUT2D eigenvalue weighted by molar-refractivity contribution is 7.83. The van der Waals surface area contributed by atoms with Gasteiger partial charge in [0.2, 0.25) is 0 Å². The Morgan fingerprint density at radius 2 is 1.79 bits per heavy atom. The highest BCUT2D eigenvalue weighted by Crippen LogP contribution is 2.23. The van der Waals surface area contributed by atoms with Gasteiger partial charge in [0.1, 0.15) is 6.04 Å². The summed E-state index contributed by atoms with van der Waals surface area (Å²) >= 11 is 0. The first kappa shape index (κ1) is 13.4. The molecule has 0 aromatic rings. The number of hydrogen-bond acceptors (Lipinski definition) is 2.